The van der Waals surface area contributed by atoms with Crippen LogP contribution < -0.4 is 5.73 Å². The van der Waals surface area contributed by atoms with E-state index in [0.29, 0.717) is 23.5 Å². The molecule has 1 spiro atoms. The van der Waals surface area contributed by atoms with E-state index in [1.165, 1.54) is 11.3 Å². The van der Waals surface area contributed by atoms with Crippen molar-refractivity contribution in [1.82, 2.24) is 4.31 Å². The van der Waals surface area contributed by atoms with Crippen LogP contribution in [0.5, 0.6) is 0 Å². The predicted octanol–water partition coefficient (Wildman–Crippen LogP) is 2.29. The summed E-state index contributed by atoms with van der Waals surface area (Å²) in [4.78, 5) is 9.45. The molecule has 7 nitrogen and oxygen atoms in total. The minimum Gasteiger partial charge on any atom is -0.475 e. The smallest absolute Gasteiger partial charge is 0.475 e. The van der Waals surface area contributed by atoms with Crippen LogP contribution in [0.25, 0.3) is 0 Å². The number of hydrogen-bond donors (Lipinski definition) is 2. The Morgan fingerprint density at radius 1 is 1.46 bits per heavy atom. The second kappa shape index (κ2) is 8.36. The molecule has 2 heterocycles. The number of nitrogens with zero attached hydrogens (tertiary/aromatic N) is 2. The van der Waals surface area contributed by atoms with Crippen LogP contribution in [0, 0.1) is 17.2 Å². The molecular formula is C16H20F3N3O4S2. The van der Waals surface area contributed by atoms with E-state index in [9.17, 15) is 21.6 Å². The Morgan fingerprint density at radius 2 is 2.07 bits per heavy atom. The molecule has 3 rings (SSSR count). The lowest BCUT2D eigenvalue weighted by atomic mass is 9.74. The molecule has 156 valence electrons. The lowest BCUT2D eigenvalue weighted by Gasteiger charge is -2.44. The van der Waals surface area contributed by atoms with Gasteiger partial charge in [0.25, 0.3) is 0 Å². The summed E-state index contributed by atoms with van der Waals surface area (Å²) in [6.45, 7) is 1.10. The number of thiophene rings is 1. The summed E-state index contributed by atoms with van der Waals surface area (Å²) < 4.78 is 59.0. The number of hydrogen-bond acceptors (Lipinski definition) is 6. The van der Waals surface area contributed by atoms with Crippen molar-refractivity contribution in [2.24, 2.45) is 11.7 Å². The molecule has 1 aliphatic carbocycles. The third-order valence-corrected chi connectivity index (χ3v) is 7.72. The van der Waals surface area contributed by atoms with Gasteiger partial charge in [-0.05, 0) is 55.2 Å². The van der Waals surface area contributed by atoms with E-state index >= 15 is 0 Å². The molecule has 1 unspecified atom stereocenters. The van der Waals surface area contributed by atoms with Crippen molar-refractivity contribution in [1.29, 1.82) is 5.26 Å². The largest absolute Gasteiger partial charge is 0.490 e. The quantitative estimate of drug-likeness (QED) is 0.742. The molecule has 1 saturated heterocycles. The number of halogens is 3. The third-order valence-electron chi connectivity index (χ3n) is 4.93. The first kappa shape index (κ1) is 22.6. The number of carboxylic acid groups (broad SMARTS) is 1. The van der Waals surface area contributed by atoms with Gasteiger partial charge in [-0.15, -0.1) is 11.3 Å². The van der Waals surface area contributed by atoms with Crippen molar-refractivity contribution < 1.29 is 31.5 Å². The highest BCUT2D eigenvalue weighted by Gasteiger charge is 2.53. The zero-order valence-corrected chi connectivity index (χ0v) is 16.4. The molecule has 0 amide bonds. The van der Waals surface area contributed by atoms with Crippen LogP contribution in [0.1, 0.15) is 36.1 Å². The molecule has 28 heavy (non-hydrogen) atoms. The molecule has 1 atom stereocenters. The standard InChI is InChI=1S/C14H19N3O2S2.C2HF3O2/c15-6-12-5-14(2-1-3-14)17(8-12)21(18,19)10-11-4-13(7-16)20-9-11;3-2(4,5)1(6)7/h4,9,12H,1-3,5-6,8,10,15H2;(H,6,7). The van der Waals surface area contributed by atoms with Crippen LogP contribution in [0.2, 0.25) is 0 Å². The van der Waals surface area contributed by atoms with Gasteiger partial charge in [-0.1, -0.05) is 0 Å². The van der Waals surface area contributed by atoms with E-state index < -0.39 is 22.2 Å². The molecule has 12 heteroatoms. The molecule has 0 bridgehead atoms. The second-order valence-electron chi connectivity index (χ2n) is 6.90. The van der Waals surface area contributed by atoms with Crippen molar-refractivity contribution in [2.75, 3.05) is 13.1 Å². The highest BCUT2D eigenvalue weighted by molar-refractivity contribution is 7.88. The summed E-state index contributed by atoms with van der Waals surface area (Å²) in [5, 5.41) is 17.7. The highest BCUT2D eigenvalue weighted by atomic mass is 32.2. The van der Waals surface area contributed by atoms with Gasteiger partial charge in [-0.2, -0.15) is 22.7 Å². The van der Waals surface area contributed by atoms with E-state index in [2.05, 4.69) is 6.07 Å². The number of rotatable bonds is 4. The van der Waals surface area contributed by atoms with Crippen LogP contribution in [0.4, 0.5) is 13.2 Å². The molecule has 0 radical (unpaired) electrons. The Bertz CT molecular complexity index is 857. The first-order valence-electron chi connectivity index (χ1n) is 8.42. The lowest BCUT2D eigenvalue weighted by Crippen LogP contribution is -2.52. The van der Waals surface area contributed by atoms with E-state index in [1.54, 1.807) is 15.8 Å². The summed E-state index contributed by atoms with van der Waals surface area (Å²) >= 11 is 1.29. The Morgan fingerprint density at radius 3 is 2.46 bits per heavy atom. The minimum absolute atomic E-state index is 0.00970. The number of nitrogens with two attached hydrogens (primary N) is 1. The number of nitriles is 1. The average Bonchev–Trinajstić information content (AvgIpc) is 3.18. The molecule has 1 saturated carbocycles. The van der Waals surface area contributed by atoms with Gasteiger partial charge in [0.05, 0.1) is 5.75 Å². The van der Waals surface area contributed by atoms with Gasteiger partial charge in [0.1, 0.15) is 10.9 Å². The topological polar surface area (TPSA) is 124 Å². The fourth-order valence-corrected chi connectivity index (χ4v) is 6.37. The van der Waals surface area contributed by atoms with Gasteiger partial charge >= 0.3 is 12.1 Å². The van der Waals surface area contributed by atoms with Gasteiger partial charge in [0.2, 0.25) is 10.0 Å². The Hall–Kier alpha value is -1.68. The SMILES string of the molecule is N#Cc1cc(CS(=O)(=O)N2CC(CN)CC23CCC3)cs1.O=C(O)C(F)(F)F. The maximum absolute atomic E-state index is 12.8. The summed E-state index contributed by atoms with van der Waals surface area (Å²) in [6, 6.07) is 3.72. The lowest BCUT2D eigenvalue weighted by molar-refractivity contribution is -0.192. The number of sulfonamides is 1. The monoisotopic (exact) mass is 439 g/mol. The zero-order chi connectivity index (χ0) is 21.2. The minimum atomic E-state index is -5.08. The summed E-state index contributed by atoms with van der Waals surface area (Å²) in [5.74, 6) is -2.49. The van der Waals surface area contributed by atoms with Gasteiger partial charge in [0.15, 0.2) is 0 Å². The van der Waals surface area contributed by atoms with Crippen molar-refractivity contribution >= 4 is 27.3 Å². The summed E-state index contributed by atoms with van der Waals surface area (Å²) in [5.41, 5.74) is 6.30. The molecule has 1 aromatic rings. The third kappa shape index (κ3) is 5.02. The van der Waals surface area contributed by atoms with Crippen LogP contribution in [0.3, 0.4) is 0 Å². The van der Waals surface area contributed by atoms with Crippen LogP contribution in [0.15, 0.2) is 11.4 Å². The zero-order valence-electron chi connectivity index (χ0n) is 14.8. The number of alkyl halides is 3. The normalized spacial score (nSPS) is 21.5. The first-order chi connectivity index (χ1) is 12.9. The maximum Gasteiger partial charge on any atom is 0.490 e. The van der Waals surface area contributed by atoms with Gasteiger partial charge in [-0.25, -0.2) is 13.2 Å². The van der Waals surface area contributed by atoms with Crippen molar-refractivity contribution in [3.63, 3.8) is 0 Å². The number of carbonyl (C=O) groups is 1. The van der Waals surface area contributed by atoms with Crippen molar-refractivity contribution in [3.8, 4) is 6.07 Å². The van der Waals surface area contributed by atoms with Crippen molar-refractivity contribution in [3.05, 3.63) is 21.9 Å². The molecule has 0 aromatic carbocycles. The van der Waals surface area contributed by atoms with E-state index in [0.717, 1.165) is 25.7 Å². The van der Waals surface area contributed by atoms with Crippen LogP contribution in [-0.4, -0.2) is 48.6 Å². The molecule has 1 aromatic heterocycles. The van der Waals surface area contributed by atoms with E-state index in [4.69, 9.17) is 20.9 Å². The molecule has 2 aliphatic rings. The fraction of sp³-hybridized carbons (Fsp3) is 0.625. The molecule has 1 aliphatic heterocycles. The van der Waals surface area contributed by atoms with Gasteiger partial charge < -0.3 is 10.8 Å². The number of aliphatic carboxylic acids is 1. The fourth-order valence-electron chi connectivity index (χ4n) is 3.54. The van der Waals surface area contributed by atoms with E-state index in [-0.39, 0.29) is 17.2 Å². The van der Waals surface area contributed by atoms with Gasteiger partial charge in [-0.3, -0.25) is 0 Å². The first-order valence-corrected chi connectivity index (χ1v) is 10.9. The molecule has 2 fully saturated rings. The van der Waals surface area contributed by atoms with Crippen LogP contribution >= 0.6 is 11.3 Å². The summed E-state index contributed by atoms with van der Waals surface area (Å²) in [6.07, 6.45) is -1.18. The van der Waals surface area contributed by atoms with Gasteiger partial charge in [0, 0.05) is 12.1 Å². The van der Waals surface area contributed by atoms with E-state index in [1.807, 2.05) is 0 Å². The predicted molar refractivity (Wildman–Crippen MR) is 95.8 cm³/mol. The maximum atomic E-state index is 12.8. The number of carboxylic acids is 1. The van der Waals surface area contributed by atoms with Crippen LogP contribution in [-0.2, 0) is 20.6 Å². The molecule has 3 N–H and O–H groups in total. The average molecular weight is 439 g/mol. The molecular weight excluding hydrogens is 419 g/mol. The Kier molecular flexibility index (Phi) is 6.75. The Balaban J connectivity index is 0.000000345. The Labute approximate surface area is 164 Å². The second-order valence-corrected chi connectivity index (χ2v) is 9.71. The van der Waals surface area contributed by atoms with Crippen molar-refractivity contribution in [2.45, 2.75) is 43.2 Å². The highest BCUT2D eigenvalue weighted by Crippen LogP contribution is 2.49. The summed E-state index contributed by atoms with van der Waals surface area (Å²) in [7, 11) is -3.34.